The van der Waals surface area contributed by atoms with Crippen molar-refractivity contribution in [2.45, 2.75) is 57.2 Å². The van der Waals surface area contributed by atoms with Crippen molar-refractivity contribution in [3.63, 3.8) is 0 Å². The summed E-state index contributed by atoms with van der Waals surface area (Å²) in [5.74, 6) is 4.78. The standard InChI is InChI=1S/C37H38N2O6.C4H9NO2/c1-38-13-11-24-18-31(41-4)33-20-27(24)28(38)16-23-7-10-30(40-3)32(17-23)44-26-8-5-22(6-9-26)15-29-35-25(12-14-39(29)2)19-34-36(37(35)45-33)43-21-42-34;1-2-3(5)4(6)7/h5-10,17-20,28-29H,11-16,21H2,1-4H3;3H,2,5H2,1H3,(H,6,7)/t28-,29+;/m1./s1. The second-order valence-corrected chi connectivity index (χ2v) is 13.8. The van der Waals surface area contributed by atoms with Gasteiger partial charge in [-0.2, -0.15) is 0 Å². The van der Waals surface area contributed by atoms with Crippen LogP contribution in [0, 0.1) is 0 Å². The van der Waals surface area contributed by atoms with E-state index in [0.717, 1.165) is 67.1 Å². The molecule has 0 saturated heterocycles. The van der Waals surface area contributed by atoms with Gasteiger partial charge in [0.05, 0.1) is 14.2 Å². The average molecular weight is 710 g/mol. The minimum atomic E-state index is -0.928. The summed E-state index contributed by atoms with van der Waals surface area (Å²) in [6.07, 6.45) is 3.93. The molecule has 0 aromatic heterocycles. The monoisotopic (exact) mass is 709 g/mol. The van der Waals surface area contributed by atoms with E-state index in [0.29, 0.717) is 35.2 Å². The fourth-order valence-corrected chi connectivity index (χ4v) is 7.50. The Morgan fingerprint density at radius 2 is 1.48 bits per heavy atom. The van der Waals surface area contributed by atoms with Crippen LogP contribution < -0.4 is 34.2 Å². The van der Waals surface area contributed by atoms with Gasteiger partial charge in [-0.1, -0.05) is 25.1 Å². The van der Waals surface area contributed by atoms with Crippen molar-refractivity contribution < 1.29 is 38.3 Å². The van der Waals surface area contributed by atoms with E-state index in [9.17, 15) is 4.79 Å². The van der Waals surface area contributed by atoms with Crippen molar-refractivity contribution in [2.24, 2.45) is 5.73 Å². The number of rotatable bonds is 4. The lowest BCUT2D eigenvalue weighted by molar-refractivity contribution is -0.138. The largest absolute Gasteiger partial charge is 0.493 e. The Labute approximate surface area is 304 Å². The zero-order valence-corrected chi connectivity index (χ0v) is 30.4. The molecule has 1 unspecified atom stereocenters. The molecule has 9 rings (SSSR count). The molecule has 0 amide bonds. The maximum atomic E-state index is 9.81. The molecule has 3 atom stereocenters. The highest BCUT2D eigenvalue weighted by Gasteiger charge is 2.36. The molecule has 274 valence electrons. The minimum Gasteiger partial charge on any atom is -0.493 e. The van der Waals surface area contributed by atoms with Crippen LogP contribution >= 0.6 is 0 Å². The smallest absolute Gasteiger partial charge is 0.320 e. The van der Waals surface area contributed by atoms with E-state index in [2.05, 4.69) is 66.4 Å². The Balaban J connectivity index is 0.000000548. The number of likely N-dealkylation sites (N-methyl/N-ethyl adjacent to an activating group) is 2. The third kappa shape index (κ3) is 6.96. The number of methoxy groups -OCH3 is 2. The van der Waals surface area contributed by atoms with Gasteiger partial charge in [-0.15, -0.1) is 0 Å². The molecule has 6 bridgehead atoms. The topological polar surface area (TPSA) is 125 Å². The molecular weight excluding hydrogens is 662 g/mol. The van der Waals surface area contributed by atoms with Crippen LogP contribution in [0.25, 0.3) is 0 Å². The average Bonchev–Trinajstić information content (AvgIpc) is 3.63. The van der Waals surface area contributed by atoms with E-state index in [1.165, 1.54) is 22.3 Å². The van der Waals surface area contributed by atoms with Gasteiger partial charge in [-0.25, -0.2) is 0 Å². The third-order valence-corrected chi connectivity index (χ3v) is 10.6. The molecule has 5 aliphatic rings. The van der Waals surface area contributed by atoms with Gasteiger partial charge in [-0.05, 0) is 116 Å². The third-order valence-electron chi connectivity index (χ3n) is 10.6. The first-order valence-corrected chi connectivity index (χ1v) is 17.8. The fourth-order valence-electron chi connectivity index (χ4n) is 7.50. The highest BCUT2D eigenvalue weighted by Crippen LogP contribution is 2.53. The Kier molecular flexibility index (Phi) is 10.2. The number of carboxylic acids is 1. The number of hydrogen-bond acceptors (Lipinski definition) is 10. The van der Waals surface area contributed by atoms with Crippen LogP contribution in [0.4, 0.5) is 0 Å². The summed E-state index contributed by atoms with van der Waals surface area (Å²) >= 11 is 0. The molecule has 4 aromatic carbocycles. The lowest BCUT2D eigenvalue weighted by Gasteiger charge is -2.37. The zero-order valence-electron chi connectivity index (χ0n) is 30.4. The van der Waals surface area contributed by atoms with E-state index in [4.69, 9.17) is 39.3 Å². The number of fused-ring (bicyclic) bond motifs is 3. The van der Waals surface area contributed by atoms with Gasteiger partial charge in [0.2, 0.25) is 12.5 Å². The SMILES string of the molecule is CCC(N)C(=O)O.COc1ccc2cc1Oc1ccc(cc1)C[C@H]1c3c(cc4c(c3Oc3cc5c(cc3OC)CCN(C)[C@@H]5C2)OCO4)CCN1C. The lowest BCUT2D eigenvalue weighted by Crippen LogP contribution is -2.34. The summed E-state index contributed by atoms with van der Waals surface area (Å²) < 4.78 is 37.1. The second-order valence-electron chi connectivity index (χ2n) is 13.8. The first-order chi connectivity index (χ1) is 25.2. The van der Waals surface area contributed by atoms with Crippen molar-refractivity contribution >= 4 is 5.97 Å². The van der Waals surface area contributed by atoms with Crippen LogP contribution in [0.15, 0.2) is 60.7 Å². The van der Waals surface area contributed by atoms with Crippen molar-refractivity contribution in [2.75, 3.05) is 48.2 Å². The van der Waals surface area contributed by atoms with E-state index in [1.807, 2.05) is 18.2 Å². The van der Waals surface area contributed by atoms with Gasteiger partial charge >= 0.3 is 5.97 Å². The van der Waals surface area contributed by atoms with Gasteiger partial charge in [-0.3, -0.25) is 14.6 Å². The number of nitrogens with two attached hydrogens (primary N) is 1. The van der Waals surface area contributed by atoms with Crippen molar-refractivity contribution in [3.05, 3.63) is 94.0 Å². The predicted octanol–water partition coefficient (Wildman–Crippen LogP) is 6.68. The Bertz CT molecular complexity index is 1950. The molecule has 52 heavy (non-hydrogen) atoms. The van der Waals surface area contributed by atoms with Crippen LogP contribution in [-0.4, -0.2) is 75.1 Å². The van der Waals surface area contributed by atoms with Crippen LogP contribution in [0.1, 0.15) is 58.8 Å². The number of aliphatic carboxylic acids is 1. The molecule has 0 radical (unpaired) electrons. The fraction of sp³-hybridized carbons (Fsp3) is 0.390. The number of nitrogens with zero attached hydrogens (tertiary/aromatic N) is 2. The van der Waals surface area contributed by atoms with Gasteiger partial charge in [0, 0.05) is 30.7 Å². The summed E-state index contributed by atoms with van der Waals surface area (Å²) in [7, 11) is 7.77. The number of carboxylic acid groups (broad SMARTS) is 1. The predicted molar refractivity (Wildman–Crippen MR) is 197 cm³/mol. The first-order valence-electron chi connectivity index (χ1n) is 17.8. The minimum absolute atomic E-state index is 0.0724. The number of hydrogen-bond donors (Lipinski definition) is 2. The van der Waals surface area contributed by atoms with Crippen LogP contribution in [0.5, 0.6) is 46.0 Å². The number of ether oxygens (including phenoxy) is 6. The molecule has 0 spiro atoms. The zero-order chi connectivity index (χ0) is 36.5. The van der Waals surface area contributed by atoms with Gasteiger partial charge in [0.15, 0.2) is 34.5 Å². The van der Waals surface area contributed by atoms with Crippen molar-refractivity contribution in [3.8, 4) is 46.0 Å². The summed E-state index contributed by atoms with van der Waals surface area (Å²) in [4.78, 5) is 14.6. The molecule has 4 aromatic rings. The first kappa shape index (κ1) is 35.4. The van der Waals surface area contributed by atoms with E-state index >= 15 is 0 Å². The van der Waals surface area contributed by atoms with E-state index in [-0.39, 0.29) is 18.9 Å². The highest BCUT2D eigenvalue weighted by atomic mass is 16.7. The Morgan fingerprint density at radius 1 is 0.808 bits per heavy atom. The Hall–Kier alpha value is -4.97. The number of carbonyl (C=O) groups is 1. The van der Waals surface area contributed by atoms with Gasteiger partial charge < -0.3 is 39.3 Å². The normalized spacial score (nSPS) is 19.4. The van der Waals surface area contributed by atoms with E-state index < -0.39 is 12.0 Å². The molecule has 3 N–H and O–H groups in total. The maximum Gasteiger partial charge on any atom is 0.320 e. The quantitative estimate of drug-likeness (QED) is 0.236. The van der Waals surface area contributed by atoms with Gasteiger partial charge in [0.25, 0.3) is 0 Å². The molecule has 0 saturated carbocycles. The summed E-state index contributed by atoms with van der Waals surface area (Å²) in [5, 5.41) is 8.06. The van der Waals surface area contributed by atoms with E-state index in [1.54, 1.807) is 21.1 Å². The van der Waals surface area contributed by atoms with Crippen LogP contribution in [-0.2, 0) is 30.5 Å². The van der Waals surface area contributed by atoms with Crippen molar-refractivity contribution in [1.29, 1.82) is 0 Å². The molecule has 11 heteroatoms. The molecule has 0 aliphatic carbocycles. The highest BCUT2D eigenvalue weighted by molar-refractivity contribution is 5.72. The maximum absolute atomic E-state index is 9.81. The molecule has 0 fully saturated rings. The molecule has 5 aliphatic heterocycles. The lowest BCUT2D eigenvalue weighted by atomic mass is 9.87. The molecule has 5 heterocycles. The van der Waals surface area contributed by atoms with Gasteiger partial charge in [0.1, 0.15) is 11.8 Å². The summed E-state index contributed by atoms with van der Waals surface area (Å²) in [5.41, 5.74) is 12.3. The summed E-state index contributed by atoms with van der Waals surface area (Å²) in [6, 6.07) is 20.6. The van der Waals surface area contributed by atoms with Crippen LogP contribution in [0.3, 0.4) is 0 Å². The second kappa shape index (κ2) is 14.9. The molecule has 11 nitrogen and oxygen atoms in total. The summed E-state index contributed by atoms with van der Waals surface area (Å²) in [6.45, 7) is 3.80. The van der Waals surface area contributed by atoms with Crippen LogP contribution in [0.2, 0.25) is 0 Å². The number of benzene rings is 4. The van der Waals surface area contributed by atoms with Crippen molar-refractivity contribution in [1.82, 2.24) is 9.80 Å². The Morgan fingerprint density at radius 3 is 2.17 bits per heavy atom. The molecular formula is C41H47N3O8.